The second-order valence-corrected chi connectivity index (χ2v) is 4.28. The van der Waals surface area contributed by atoms with Crippen molar-refractivity contribution in [3.8, 4) is 6.07 Å². The highest BCUT2D eigenvalue weighted by Gasteiger charge is 2.08. The van der Waals surface area contributed by atoms with E-state index in [1.807, 2.05) is 25.1 Å². The molecular formula is C15H19N3O3. The predicted molar refractivity (Wildman–Crippen MR) is 79.4 cm³/mol. The van der Waals surface area contributed by atoms with Gasteiger partial charge in [0.15, 0.2) is 0 Å². The first kappa shape index (κ1) is 16.7. The zero-order valence-corrected chi connectivity index (χ0v) is 11.9. The van der Waals surface area contributed by atoms with Crippen molar-refractivity contribution in [1.29, 1.82) is 5.26 Å². The summed E-state index contributed by atoms with van der Waals surface area (Å²) in [6.07, 6.45) is 1.35. The molecular weight excluding hydrogens is 270 g/mol. The van der Waals surface area contributed by atoms with Crippen molar-refractivity contribution in [2.24, 2.45) is 0 Å². The Labute approximate surface area is 124 Å². The largest absolute Gasteiger partial charge is 0.394 e. The maximum atomic E-state index is 11.9. The van der Waals surface area contributed by atoms with Gasteiger partial charge in [0.05, 0.1) is 19.8 Å². The summed E-state index contributed by atoms with van der Waals surface area (Å²) in [5, 5.41) is 23.0. The van der Waals surface area contributed by atoms with Gasteiger partial charge < -0.3 is 20.5 Å². The predicted octanol–water partition coefficient (Wildman–Crippen LogP) is 0.939. The molecule has 0 aromatic heterocycles. The Morgan fingerprint density at radius 1 is 1.38 bits per heavy atom. The van der Waals surface area contributed by atoms with E-state index in [9.17, 15) is 4.79 Å². The molecule has 0 aliphatic rings. The molecule has 0 radical (unpaired) electrons. The van der Waals surface area contributed by atoms with Crippen LogP contribution in [0.3, 0.4) is 0 Å². The van der Waals surface area contributed by atoms with Crippen LogP contribution < -0.4 is 10.6 Å². The number of ether oxygens (including phenoxy) is 1. The molecule has 0 saturated heterocycles. The van der Waals surface area contributed by atoms with Crippen molar-refractivity contribution < 1.29 is 14.6 Å². The van der Waals surface area contributed by atoms with E-state index in [1.165, 1.54) is 6.20 Å². The Balaban J connectivity index is 2.45. The van der Waals surface area contributed by atoms with Gasteiger partial charge in [0.1, 0.15) is 11.6 Å². The van der Waals surface area contributed by atoms with Gasteiger partial charge in [0.25, 0.3) is 5.91 Å². The second kappa shape index (κ2) is 9.53. The zero-order valence-electron chi connectivity index (χ0n) is 11.9. The van der Waals surface area contributed by atoms with Crippen LogP contribution >= 0.6 is 0 Å². The van der Waals surface area contributed by atoms with Gasteiger partial charge in [0, 0.05) is 18.4 Å². The minimum Gasteiger partial charge on any atom is -0.394 e. The SMILES string of the molecule is Cc1ccc(NC(=O)/C(C#N)=C\NCCOCCO)cc1. The molecule has 0 aliphatic carbocycles. The molecule has 0 atom stereocenters. The number of nitrogens with zero attached hydrogens (tertiary/aromatic N) is 1. The third kappa shape index (κ3) is 6.56. The van der Waals surface area contributed by atoms with Crippen molar-refractivity contribution in [2.75, 3.05) is 31.7 Å². The Morgan fingerprint density at radius 2 is 2.10 bits per heavy atom. The molecule has 1 aromatic rings. The molecule has 112 valence electrons. The topological polar surface area (TPSA) is 94.4 Å². The van der Waals surface area contributed by atoms with Crippen LogP contribution in [0.25, 0.3) is 0 Å². The fourth-order valence-corrected chi connectivity index (χ4v) is 1.46. The van der Waals surface area contributed by atoms with Gasteiger partial charge in [-0.2, -0.15) is 5.26 Å². The van der Waals surface area contributed by atoms with Crippen LogP contribution in [0.1, 0.15) is 5.56 Å². The maximum absolute atomic E-state index is 11.9. The Hall–Kier alpha value is -2.36. The number of hydrogen-bond acceptors (Lipinski definition) is 5. The molecule has 0 saturated carbocycles. The van der Waals surface area contributed by atoms with Crippen LogP contribution in [0.5, 0.6) is 0 Å². The number of aryl methyl sites for hydroxylation is 1. The number of aliphatic hydroxyl groups excluding tert-OH is 1. The van der Waals surface area contributed by atoms with Crippen molar-refractivity contribution in [2.45, 2.75) is 6.92 Å². The number of nitriles is 1. The minimum atomic E-state index is -0.467. The van der Waals surface area contributed by atoms with Crippen LogP contribution in [-0.4, -0.2) is 37.4 Å². The van der Waals surface area contributed by atoms with Crippen LogP contribution in [0.2, 0.25) is 0 Å². The fraction of sp³-hybridized carbons (Fsp3) is 0.333. The summed E-state index contributed by atoms with van der Waals surface area (Å²) >= 11 is 0. The normalized spacial score (nSPS) is 10.8. The standard InChI is InChI=1S/C15H19N3O3/c1-12-2-4-14(5-3-12)18-15(20)13(10-16)11-17-6-8-21-9-7-19/h2-5,11,17,19H,6-9H2,1H3,(H,18,20)/b13-11-. The number of hydrogen-bond donors (Lipinski definition) is 3. The number of nitrogens with one attached hydrogen (secondary N) is 2. The molecule has 1 amide bonds. The van der Waals surface area contributed by atoms with Gasteiger partial charge in [-0.05, 0) is 19.1 Å². The lowest BCUT2D eigenvalue weighted by Crippen LogP contribution is -2.19. The van der Waals surface area contributed by atoms with Crippen molar-refractivity contribution in [1.82, 2.24) is 5.32 Å². The Kier molecular flexibility index (Phi) is 7.58. The first-order valence-electron chi connectivity index (χ1n) is 6.57. The maximum Gasteiger partial charge on any atom is 0.267 e. The highest BCUT2D eigenvalue weighted by molar-refractivity contribution is 6.06. The van der Waals surface area contributed by atoms with Crippen molar-refractivity contribution in [3.05, 3.63) is 41.6 Å². The summed E-state index contributed by atoms with van der Waals surface area (Å²) in [4.78, 5) is 11.9. The van der Waals surface area contributed by atoms with E-state index in [4.69, 9.17) is 15.1 Å². The monoisotopic (exact) mass is 289 g/mol. The molecule has 3 N–H and O–H groups in total. The molecule has 0 fully saturated rings. The first-order valence-corrected chi connectivity index (χ1v) is 6.57. The quantitative estimate of drug-likeness (QED) is 0.376. The molecule has 0 spiro atoms. The second-order valence-electron chi connectivity index (χ2n) is 4.28. The zero-order chi connectivity index (χ0) is 15.5. The number of carbonyl (C=O) groups excluding carboxylic acids is 1. The molecule has 1 rings (SSSR count). The summed E-state index contributed by atoms with van der Waals surface area (Å²) in [6.45, 7) is 3.02. The van der Waals surface area contributed by atoms with Crippen LogP contribution in [0.4, 0.5) is 5.69 Å². The lowest BCUT2D eigenvalue weighted by molar-refractivity contribution is -0.112. The van der Waals surface area contributed by atoms with Gasteiger partial charge in [0.2, 0.25) is 0 Å². The summed E-state index contributed by atoms with van der Waals surface area (Å²) in [7, 11) is 0. The average molecular weight is 289 g/mol. The van der Waals surface area contributed by atoms with Gasteiger partial charge in [-0.15, -0.1) is 0 Å². The number of benzene rings is 1. The molecule has 0 heterocycles. The van der Waals surface area contributed by atoms with Gasteiger partial charge in [-0.1, -0.05) is 17.7 Å². The highest BCUT2D eigenvalue weighted by atomic mass is 16.5. The molecule has 1 aromatic carbocycles. The number of rotatable bonds is 8. The van der Waals surface area contributed by atoms with Gasteiger partial charge in [-0.25, -0.2) is 0 Å². The van der Waals surface area contributed by atoms with E-state index >= 15 is 0 Å². The van der Waals surface area contributed by atoms with Crippen LogP contribution in [-0.2, 0) is 9.53 Å². The van der Waals surface area contributed by atoms with Crippen molar-refractivity contribution in [3.63, 3.8) is 0 Å². The Morgan fingerprint density at radius 3 is 2.71 bits per heavy atom. The molecule has 21 heavy (non-hydrogen) atoms. The smallest absolute Gasteiger partial charge is 0.267 e. The Bertz CT molecular complexity index is 518. The van der Waals surface area contributed by atoms with Crippen molar-refractivity contribution >= 4 is 11.6 Å². The van der Waals surface area contributed by atoms with E-state index in [0.29, 0.717) is 18.8 Å². The summed E-state index contributed by atoms with van der Waals surface area (Å²) in [5.41, 5.74) is 1.71. The van der Waals surface area contributed by atoms with Crippen LogP contribution in [0, 0.1) is 18.3 Å². The average Bonchev–Trinajstić information content (AvgIpc) is 2.49. The summed E-state index contributed by atoms with van der Waals surface area (Å²) in [6, 6.07) is 9.15. The minimum absolute atomic E-state index is 0.0160. The molecule has 6 nitrogen and oxygen atoms in total. The van der Waals surface area contributed by atoms with Gasteiger partial charge >= 0.3 is 0 Å². The first-order chi connectivity index (χ1) is 10.2. The highest BCUT2D eigenvalue weighted by Crippen LogP contribution is 2.09. The number of aliphatic hydroxyl groups is 1. The van der Waals surface area contributed by atoms with E-state index in [-0.39, 0.29) is 18.8 Å². The number of carbonyl (C=O) groups is 1. The molecule has 0 unspecified atom stereocenters. The summed E-state index contributed by atoms with van der Waals surface area (Å²) in [5.74, 6) is -0.467. The van der Waals surface area contributed by atoms with E-state index in [0.717, 1.165) is 5.56 Å². The number of amides is 1. The van der Waals surface area contributed by atoms with E-state index in [1.54, 1.807) is 12.1 Å². The number of anilines is 1. The lowest BCUT2D eigenvalue weighted by atomic mass is 10.2. The van der Waals surface area contributed by atoms with Gasteiger partial charge in [-0.3, -0.25) is 4.79 Å². The summed E-state index contributed by atoms with van der Waals surface area (Å²) < 4.78 is 5.04. The van der Waals surface area contributed by atoms with E-state index in [2.05, 4.69) is 10.6 Å². The molecule has 0 bridgehead atoms. The van der Waals surface area contributed by atoms with E-state index < -0.39 is 5.91 Å². The third-order valence-corrected chi connectivity index (χ3v) is 2.55. The van der Waals surface area contributed by atoms with Crippen LogP contribution in [0.15, 0.2) is 36.0 Å². The fourth-order valence-electron chi connectivity index (χ4n) is 1.46. The molecule has 0 aliphatic heterocycles. The molecule has 6 heteroatoms. The lowest BCUT2D eigenvalue weighted by Gasteiger charge is -2.05. The third-order valence-electron chi connectivity index (χ3n) is 2.55.